The van der Waals surface area contributed by atoms with Gasteiger partial charge in [0.25, 0.3) is 0 Å². The summed E-state index contributed by atoms with van der Waals surface area (Å²) in [5.41, 5.74) is 3.55. The maximum atomic E-state index is 11.3. The monoisotopic (exact) mass is 740 g/mol. The van der Waals surface area contributed by atoms with Crippen molar-refractivity contribution in [1.82, 2.24) is 20.9 Å². The zero-order valence-electron chi connectivity index (χ0n) is 33.8. The fourth-order valence-electron chi connectivity index (χ4n) is 5.50. The molecule has 0 saturated carbocycles. The lowest BCUT2D eigenvalue weighted by Gasteiger charge is -2.31. The Labute approximate surface area is 308 Å². The van der Waals surface area contributed by atoms with Gasteiger partial charge in [0.2, 0.25) is 0 Å². The molecule has 294 valence electrons. The molecule has 0 aromatic rings. The number of hydrogen-bond acceptors (Lipinski definition) is 13. The Bertz CT molecular complexity index is 1320. The van der Waals surface area contributed by atoms with Crippen LogP contribution in [-0.2, 0) is 33.5 Å². The molecule has 0 spiro atoms. The third-order valence-corrected chi connectivity index (χ3v) is 9.59. The first-order valence-corrected chi connectivity index (χ1v) is 20.2. The van der Waals surface area contributed by atoms with E-state index in [1.54, 1.807) is 41.9 Å². The van der Waals surface area contributed by atoms with Gasteiger partial charge in [0.1, 0.15) is 23.1 Å². The quantitative estimate of drug-likeness (QED) is 0.177. The molecule has 51 heavy (non-hydrogen) atoms. The number of hydrogen-bond donors (Lipinski definition) is 3. The summed E-state index contributed by atoms with van der Waals surface area (Å²) in [4.78, 5) is 69.9. The normalized spacial score (nSPS) is 20.7. The highest BCUT2D eigenvalue weighted by molar-refractivity contribution is 8.01. The molecule has 0 amide bonds. The number of nitrogens with zero attached hydrogens (tertiary/aromatic N) is 4. The van der Waals surface area contributed by atoms with Gasteiger partial charge < -0.3 is 16.0 Å². The zero-order chi connectivity index (χ0) is 39.7. The van der Waals surface area contributed by atoms with Crippen molar-refractivity contribution in [3.05, 3.63) is 0 Å². The summed E-state index contributed by atoms with van der Waals surface area (Å²) in [6.07, 6.45) is 10.3. The lowest BCUT2D eigenvalue weighted by atomic mass is 9.99. The van der Waals surface area contributed by atoms with Crippen LogP contribution in [0.4, 0.5) is 0 Å². The minimum Gasteiger partial charge on any atom is -0.311 e. The molecule has 2 fully saturated rings. The number of carbonyl (C=O) groups is 5. The number of likely N-dealkylation sites (tertiary alicyclic amines) is 1. The molecule has 0 aromatic carbocycles. The molecular weight excluding hydrogens is 671 g/mol. The maximum absolute atomic E-state index is 11.3. The molecule has 3 N–H and O–H groups in total. The van der Waals surface area contributed by atoms with Gasteiger partial charge in [-0.1, -0.05) is 6.92 Å². The van der Waals surface area contributed by atoms with Gasteiger partial charge in [0.05, 0.1) is 24.2 Å². The number of rotatable bonds is 14. The van der Waals surface area contributed by atoms with E-state index in [2.05, 4.69) is 42.8 Å². The van der Waals surface area contributed by atoms with Crippen LogP contribution in [0.3, 0.4) is 0 Å². The highest BCUT2D eigenvalue weighted by atomic mass is 32.2. The second-order valence-corrected chi connectivity index (χ2v) is 16.1. The zero-order valence-corrected chi connectivity index (χ0v) is 34.6. The number of piperidine rings is 2. The predicted octanol–water partition coefficient (Wildman–Crippen LogP) is 2.42. The molecule has 2 aliphatic heterocycles. The highest BCUT2D eigenvalue weighted by Crippen LogP contribution is 2.14. The van der Waals surface area contributed by atoms with E-state index in [4.69, 9.17) is 0 Å². The van der Waals surface area contributed by atoms with E-state index in [-0.39, 0.29) is 59.5 Å². The Morgan fingerprint density at radius 3 is 1.71 bits per heavy atom. The van der Waals surface area contributed by atoms with Crippen molar-refractivity contribution in [2.24, 2.45) is 15.0 Å². The molecule has 0 unspecified atom stereocenters. The lowest BCUT2D eigenvalue weighted by Crippen LogP contribution is -2.44. The van der Waals surface area contributed by atoms with Crippen molar-refractivity contribution < 1.29 is 28.2 Å². The number of likely N-dealkylation sites (N-methyl/N-ethyl adjacent to an activating group) is 3. The van der Waals surface area contributed by atoms with E-state index >= 15 is 0 Å². The van der Waals surface area contributed by atoms with Crippen molar-refractivity contribution in [2.45, 2.75) is 117 Å². The van der Waals surface area contributed by atoms with Crippen molar-refractivity contribution in [1.29, 1.82) is 0 Å². The van der Waals surface area contributed by atoms with Crippen molar-refractivity contribution in [3.8, 4) is 0 Å². The van der Waals surface area contributed by atoms with Crippen molar-refractivity contribution in [3.63, 3.8) is 0 Å². The average molecular weight is 740 g/mol. The van der Waals surface area contributed by atoms with E-state index in [0.717, 1.165) is 58.0 Å². The first-order chi connectivity index (χ1) is 23.8. The predicted molar refractivity (Wildman–Crippen MR) is 215 cm³/mol. The van der Waals surface area contributed by atoms with E-state index in [1.807, 2.05) is 21.1 Å². The molecule has 2 rings (SSSR count). The van der Waals surface area contributed by atoms with Crippen LogP contribution in [0, 0.1) is 0 Å². The minimum atomic E-state index is -2.13. The molecule has 2 heterocycles. The lowest BCUT2D eigenvalue weighted by molar-refractivity contribution is -0.122. The van der Waals surface area contributed by atoms with Gasteiger partial charge >= 0.3 is 0 Å². The van der Waals surface area contributed by atoms with Crippen LogP contribution in [0.15, 0.2) is 15.0 Å². The Morgan fingerprint density at radius 1 is 0.863 bits per heavy atom. The number of Topliss-reactive ketones (excluding diaryl/α,β-unsaturated/α-hetero) is 5. The first kappa shape index (κ1) is 50.3. The number of nitrogens with one attached hydrogen (secondary N) is 3. The summed E-state index contributed by atoms with van der Waals surface area (Å²) < 4.78 is 11.3. The molecular formula is C37H69N7O6S. The fraction of sp³-hybridized carbons (Fsp3) is 0.757. The molecule has 0 aromatic heterocycles. The third-order valence-electron chi connectivity index (χ3n) is 8.76. The Balaban J connectivity index is 0. The van der Waals surface area contributed by atoms with E-state index in [1.165, 1.54) is 41.9 Å². The van der Waals surface area contributed by atoms with Crippen LogP contribution >= 0.6 is 0 Å². The second kappa shape index (κ2) is 27.8. The van der Waals surface area contributed by atoms with E-state index in [0.29, 0.717) is 6.42 Å². The minimum absolute atomic E-state index is 0.0108. The standard InChI is InChI=1S/C10H20N2O.C10H19NO3S.C9H16N2O.C8H14N2O/c1-5-9(11-3)6-7-10(12-4)8(2)13;1-8(12)10(11-2)6-5-9(13)7-15(3,4)14;1-7(12)9-5-4-8(10-2)6-11(9)3;1-6(11)8-4-3-7(9-2)5-10-8/h10,12H,5-7H2,1-4H3;7,10-11H,5-6H2,1-4H3;9H,4-6H2,1-3H3;8,10H,3-5H2,1-2H3/t2*10-;9-;8-/m0000/s1. The number of aliphatic imine (C=N–C) groups is 3. The number of ketones is 5. The largest absolute Gasteiger partial charge is 0.311 e. The molecule has 2 aliphatic rings. The molecule has 4 atom stereocenters. The van der Waals surface area contributed by atoms with Gasteiger partial charge in [-0.25, -0.2) is 0 Å². The molecule has 2 saturated heterocycles. The van der Waals surface area contributed by atoms with Crippen LogP contribution < -0.4 is 16.0 Å². The fourth-order valence-corrected chi connectivity index (χ4v) is 6.25. The smallest absolute Gasteiger partial charge is 0.163 e. The summed E-state index contributed by atoms with van der Waals surface area (Å²) in [5, 5.41) is 10.2. The topological polar surface area (TPSA) is 179 Å². The Morgan fingerprint density at radius 2 is 1.37 bits per heavy atom. The Hall–Kier alpha value is -2.78. The van der Waals surface area contributed by atoms with E-state index in [9.17, 15) is 28.2 Å². The van der Waals surface area contributed by atoms with Crippen LogP contribution in [-0.4, -0.2) is 153 Å². The van der Waals surface area contributed by atoms with Crippen LogP contribution in [0.2, 0.25) is 0 Å². The van der Waals surface area contributed by atoms with Crippen LogP contribution in [0.1, 0.15) is 92.4 Å². The Kier molecular flexibility index (Phi) is 27.5. The van der Waals surface area contributed by atoms with Gasteiger partial charge in [-0.3, -0.25) is 48.1 Å². The van der Waals surface area contributed by atoms with Gasteiger partial charge in [0, 0.05) is 75.7 Å². The third kappa shape index (κ3) is 24.2. The van der Waals surface area contributed by atoms with Gasteiger partial charge in [0.15, 0.2) is 5.78 Å². The number of carbonyl (C=O) groups excluding carboxylic acids is 5. The highest BCUT2D eigenvalue weighted by Gasteiger charge is 2.25. The van der Waals surface area contributed by atoms with E-state index < -0.39 is 9.52 Å². The molecule has 0 aliphatic carbocycles. The first-order valence-electron chi connectivity index (χ1n) is 17.8. The molecule has 14 heteroatoms. The SMILES string of the molecule is CCC(CC[C@H](NC)C(C)=O)=NC.CN=C1CC[C@@H](C(C)=O)N(C)C1.CN=C1CC[C@@H](C(C)=O)NC1.CN[C@@H](CCC(=O)C=S(C)(C)=O)C(C)=O. The average Bonchev–Trinajstić information content (AvgIpc) is 3.06. The van der Waals surface area contributed by atoms with Crippen LogP contribution in [0.25, 0.3) is 0 Å². The summed E-state index contributed by atoms with van der Waals surface area (Å²) >= 11 is 0. The van der Waals surface area contributed by atoms with Gasteiger partial charge in [-0.15, -0.1) is 0 Å². The van der Waals surface area contributed by atoms with Gasteiger partial charge in [-0.2, -0.15) is 0 Å². The molecule has 0 bridgehead atoms. The van der Waals surface area contributed by atoms with Crippen molar-refractivity contribution >= 4 is 60.9 Å². The summed E-state index contributed by atoms with van der Waals surface area (Å²) in [6, 6.07) is -0.105. The van der Waals surface area contributed by atoms with Crippen molar-refractivity contribution in [2.75, 3.05) is 67.9 Å². The molecule has 0 radical (unpaired) electrons. The van der Waals surface area contributed by atoms with Crippen LogP contribution in [0.5, 0.6) is 0 Å². The molecule has 13 nitrogen and oxygen atoms in total. The summed E-state index contributed by atoms with van der Waals surface area (Å²) in [6.45, 7) is 10.1. The van der Waals surface area contributed by atoms with Gasteiger partial charge in [-0.05, 0) is 110 Å². The second-order valence-electron chi connectivity index (χ2n) is 13.3. The maximum Gasteiger partial charge on any atom is 0.163 e. The summed E-state index contributed by atoms with van der Waals surface area (Å²) in [5.74, 6) is 0.562. The summed E-state index contributed by atoms with van der Waals surface area (Å²) in [7, 11) is 8.78.